The Morgan fingerprint density at radius 3 is 2.75 bits per heavy atom. The number of rotatable bonds is 6. The maximum atomic E-state index is 11.6. The number of hydrogen-bond acceptors (Lipinski definition) is 4. The molecule has 1 aromatic carbocycles. The minimum Gasteiger partial charge on any atom is -0.462 e. The highest BCUT2D eigenvalue weighted by molar-refractivity contribution is 5.94. The molecule has 4 nitrogen and oxygen atoms in total. The highest BCUT2D eigenvalue weighted by Crippen LogP contribution is 2.11. The lowest BCUT2D eigenvalue weighted by Crippen LogP contribution is -2.10. The lowest BCUT2D eigenvalue weighted by Gasteiger charge is -2.06. The lowest BCUT2D eigenvalue weighted by molar-refractivity contribution is 0.0453. The third kappa shape index (κ3) is 3.90. The molecular weight excluding hydrogens is 206 g/mol. The number of ether oxygens (including phenoxy) is 2. The summed E-state index contributed by atoms with van der Waals surface area (Å²) in [6, 6.07) is 6.87. The summed E-state index contributed by atoms with van der Waals surface area (Å²) in [7, 11) is 0. The molecule has 0 saturated heterocycles. The van der Waals surface area contributed by atoms with Crippen LogP contribution in [0.3, 0.4) is 0 Å². The summed E-state index contributed by atoms with van der Waals surface area (Å²) in [6.45, 7) is 3.57. The minimum atomic E-state index is -0.380. The van der Waals surface area contributed by atoms with Crippen LogP contribution in [0, 0.1) is 0 Å². The first kappa shape index (κ1) is 12.5. The van der Waals surface area contributed by atoms with Gasteiger partial charge >= 0.3 is 5.97 Å². The van der Waals surface area contributed by atoms with Gasteiger partial charge in [0.1, 0.15) is 0 Å². The Hall–Kier alpha value is -1.55. The molecular formula is C12H17NO3. The van der Waals surface area contributed by atoms with Crippen LogP contribution in [-0.4, -0.2) is 25.8 Å². The standard InChI is InChI=1S/C12H17NO3/c1-2-15-8-5-9-16-12(14)10-6-3-4-7-11(10)13/h3-4,6-7H,2,5,8-9,13H2,1H3. The second kappa shape index (κ2) is 6.85. The zero-order valence-electron chi connectivity index (χ0n) is 9.44. The zero-order valence-corrected chi connectivity index (χ0v) is 9.44. The Bertz CT molecular complexity index is 339. The van der Waals surface area contributed by atoms with Crippen LogP contribution in [0.15, 0.2) is 24.3 Å². The molecule has 0 heterocycles. The predicted molar refractivity (Wildman–Crippen MR) is 62.2 cm³/mol. The van der Waals surface area contributed by atoms with E-state index in [0.29, 0.717) is 37.5 Å². The summed E-state index contributed by atoms with van der Waals surface area (Å²) in [6.07, 6.45) is 0.701. The van der Waals surface area contributed by atoms with E-state index >= 15 is 0 Å². The average Bonchev–Trinajstić information content (AvgIpc) is 2.29. The van der Waals surface area contributed by atoms with Gasteiger partial charge in [0.2, 0.25) is 0 Å². The van der Waals surface area contributed by atoms with Gasteiger partial charge in [-0.05, 0) is 19.1 Å². The number of nitrogen functional groups attached to an aromatic ring is 1. The maximum Gasteiger partial charge on any atom is 0.340 e. The summed E-state index contributed by atoms with van der Waals surface area (Å²) in [5, 5.41) is 0. The van der Waals surface area contributed by atoms with Crippen LogP contribution in [0.4, 0.5) is 5.69 Å². The Kier molecular flexibility index (Phi) is 5.36. The molecule has 0 bridgehead atoms. The van der Waals surface area contributed by atoms with E-state index in [1.807, 2.05) is 6.92 Å². The number of carbonyl (C=O) groups excluding carboxylic acids is 1. The molecule has 1 rings (SSSR count). The van der Waals surface area contributed by atoms with Gasteiger partial charge in [-0.2, -0.15) is 0 Å². The quantitative estimate of drug-likeness (QED) is 0.454. The first-order chi connectivity index (χ1) is 7.75. The number of benzene rings is 1. The molecule has 0 aliphatic carbocycles. The van der Waals surface area contributed by atoms with Crippen molar-refractivity contribution in [1.82, 2.24) is 0 Å². The van der Waals surface area contributed by atoms with Crippen LogP contribution < -0.4 is 5.73 Å². The fourth-order valence-electron chi connectivity index (χ4n) is 1.23. The molecule has 1 aromatic rings. The zero-order chi connectivity index (χ0) is 11.8. The first-order valence-electron chi connectivity index (χ1n) is 5.35. The largest absolute Gasteiger partial charge is 0.462 e. The van der Waals surface area contributed by atoms with Crippen LogP contribution in [0.25, 0.3) is 0 Å². The normalized spacial score (nSPS) is 10.1. The van der Waals surface area contributed by atoms with Crippen molar-refractivity contribution in [2.24, 2.45) is 0 Å². The molecule has 2 N–H and O–H groups in total. The Morgan fingerprint density at radius 2 is 2.06 bits per heavy atom. The predicted octanol–water partition coefficient (Wildman–Crippen LogP) is 1.85. The number of carbonyl (C=O) groups is 1. The van der Waals surface area contributed by atoms with E-state index in [-0.39, 0.29) is 5.97 Å². The highest BCUT2D eigenvalue weighted by atomic mass is 16.5. The number of esters is 1. The number of nitrogens with two attached hydrogens (primary N) is 1. The van der Waals surface area contributed by atoms with Gasteiger partial charge in [-0.15, -0.1) is 0 Å². The number of hydrogen-bond donors (Lipinski definition) is 1. The third-order valence-corrected chi connectivity index (χ3v) is 2.05. The van der Waals surface area contributed by atoms with Crippen molar-refractivity contribution in [1.29, 1.82) is 0 Å². The molecule has 0 amide bonds. The molecule has 0 unspecified atom stereocenters. The van der Waals surface area contributed by atoms with E-state index in [1.165, 1.54) is 0 Å². The molecule has 0 radical (unpaired) electrons. The maximum absolute atomic E-state index is 11.6. The fraction of sp³-hybridized carbons (Fsp3) is 0.417. The Balaban J connectivity index is 2.33. The molecule has 88 valence electrons. The number of anilines is 1. The van der Waals surface area contributed by atoms with Crippen molar-refractivity contribution < 1.29 is 14.3 Å². The SMILES string of the molecule is CCOCCCOC(=O)c1ccccc1N. The third-order valence-electron chi connectivity index (χ3n) is 2.05. The van der Waals surface area contributed by atoms with E-state index in [2.05, 4.69) is 0 Å². The van der Waals surface area contributed by atoms with Crippen molar-refractivity contribution in [3.05, 3.63) is 29.8 Å². The van der Waals surface area contributed by atoms with Crippen molar-refractivity contribution in [2.45, 2.75) is 13.3 Å². The van der Waals surface area contributed by atoms with Gasteiger partial charge in [-0.3, -0.25) is 0 Å². The molecule has 0 saturated carbocycles. The average molecular weight is 223 g/mol. The Labute approximate surface area is 95.3 Å². The molecule has 16 heavy (non-hydrogen) atoms. The van der Waals surface area contributed by atoms with E-state index in [9.17, 15) is 4.79 Å². The van der Waals surface area contributed by atoms with Gasteiger partial charge in [-0.25, -0.2) is 4.79 Å². The Morgan fingerprint density at radius 1 is 1.31 bits per heavy atom. The summed E-state index contributed by atoms with van der Waals surface area (Å²) >= 11 is 0. The van der Waals surface area contributed by atoms with Crippen LogP contribution in [-0.2, 0) is 9.47 Å². The molecule has 0 aliphatic heterocycles. The molecule has 0 aromatic heterocycles. The molecule has 0 fully saturated rings. The van der Waals surface area contributed by atoms with Crippen molar-refractivity contribution in [3.8, 4) is 0 Å². The number of para-hydroxylation sites is 1. The first-order valence-corrected chi connectivity index (χ1v) is 5.35. The van der Waals surface area contributed by atoms with Crippen LogP contribution in [0.2, 0.25) is 0 Å². The topological polar surface area (TPSA) is 61.5 Å². The van der Waals surface area contributed by atoms with E-state index < -0.39 is 0 Å². The van der Waals surface area contributed by atoms with E-state index in [1.54, 1.807) is 24.3 Å². The highest BCUT2D eigenvalue weighted by Gasteiger charge is 2.09. The summed E-state index contributed by atoms with van der Waals surface area (Å²) in [4.78, 5) is 11.6. The van der Waals surface area contributed by atoms with Crippen LogP contribution in [0.1, 0.15) is 23.7 Å². The molecule has 0 aliphatic rings. The molecule has 0 atom stereocenters. The van der Waals surface area contributed by atoms with Gasteiger partial charge in [0.25, 0.3) is 0 Å². The van der Waals surface area contributed by atoms with Crippen LogP contribution >= 0.6 is 0 Å². The fourth-order valence-corrected chi connectivity index (χ4v) is 1.23. The molecule has 4 heteroatoms. The van der Waals surface area contributed by atoms with Gasteiger partial charge < -0.3 is 15.2 Å². The summed E-state index contributed by atoms with van der Waals surface area (Å²) < 4.78 is 10.2. The van der Waals surface area contributed by atoms with Crippen molar-refractivity contribution in [3.63, 3.8) is 0 Å². The van der Waals surface area contributed by atoms with Gasteiger partial charge in [-0.1, -0.05) is 12.1 Å². The monoisotopic (exact) mass is 223 g/mol. The second-order valence-corrected chi connectivity index (χ2v) is 3.27. The minimum absolute atomic E-state index is 0.354. The smallest absolute Gasteiger partial charge is 0.340 e. The van der Waals surface area contributed by atoms with E-state index in [4.69, 9.17) is 15.2 Å². The lowest BCUT2D eigenvalue weighted by atomic mass is 10.2. The van der Waals surface area contributed by atoms with Gasteiger partial charge in [0.05, 0.1) is 12.2 Å². The van der Waals surface area contributed by atoms with Crippen molar-refractivity contribution in [2.75, 3.05) is 25.6 Å². The van der Waals surface area contributed by atoms with Gasteiger partial charge in [0.15, 0.2) is 0 Å². The second-order valence-electron chi connectivity index (χ2n) is 3.27. The molecule has 0 spiro atoms. The summed E-state index contributed by atoms with van der Waals surface area (Å²) in [5.41, 5.74) is 6.51. The van der Waals surface area contributed by atoms with Crippen LogP contribution in [0.5, 0.6) is 0 Å². The summed E-state index contributed by atoms with van der Waals surface area (Å²) in [5.74, 6) is -0.380. The van der Waals surface area contributed by atoms with Gasteiger partial charge in [0, 0.05) is 25.3 Å². The van der Waals surface area contributed by atoms with Crippen molar-refractivity contribution >= 4 is 11.7 Å². The van der Waals surface area contributed by atoms with E-state index in [0.717, 1.165) is 0 Å².